The van der Waals surface area contributed by atoms with Crippen molar-refractivity contribution in [2.75, 3.05) is 13.6 Å². The number of carbonyl (C=O) groups excluding carboxylic acids is 1. The minimum Gasteiger partial charge on any atom is -0.338 e. The lowest BCUT2D eigenvalue weighted by molar-refractivity contribution is -0.131. The van der Waals surface area contributed by atoms with Crippen LogP contribution in [-0.4, -0.2) is 45.5 Å². The van der Waals surface area contributed by atoms with E-state index >= 15 is 0 Å². The summed E-state index contributed by atoms with van der Waals surface area (Å²) >= 11 is 5.96. The Kier molecular flexibility index (Phi) is 6.45. The highest BCUT2D eigenvalue weighted by Crippen LogP contribution is 2.21. The van der Waals surface area contributed by atoms with E-state index in [-0.39, 0.29) is 11.9 Å². The second-order valence-corrected chi connectivity index (χ2v) is 8.15. The van der Waals surface area contributed by atoms with Gasteiger partial charge in [0, 0.05) is 36.1 Å². The van der Waals surface area contributed by atoms with Crippen molar-refractivity contribution in [3.05, 3.63) is 71.1 Å². The molecule has 1 unspecified atom stereocenters. The van der Waals surface area contributed by atoms with Gasteiger partial charge in [0.2, 0.25) is 17.6 Å². The fraction of sp³-hybridized carbons (Fsp3) is 0.348. The van der Waals surface area contributed by atoms with Crippen LogP contribution in [0.1, 0.15) is 30.7 Å². The smallest absolute Gasteiger partial charge is 0.241 e. The molecule has 1 fully saturated rings. The van der Waals surface area contributed by atoms with Gasteiger partial charge in [-0.1, -0.05) is 59.2 Å². The number of likely N-dealkylation sites (tertiary alicyclic amines) is 1. The topological polar surface area (TPSA) is 62.5 Å². The minimum absolute atomic E-state index is 0.199. The first-order chi connectivity index (χ1) is 14.6. The van der Waals surface area contributed by atoms with Crippen LogP contribution in [0.25, 0.3) is 11.4 Å². The third-order valence-electron chi connectivity index (χ3n) is 5.57. The van der Waals surface area contributed by atoms with Crippen LogP contribution in [0, 0.1) is 0 Å². The summed E-state index contributed by atoms with van der Waals surface area (Å²) in [6.45, 7) is 1.92. The summed E-state index contributed by atoms with van der Waals surface area (Å²) in [4.78, 5) is 21.3. The molecule has 4 rings (SSSR count). The zero-order valence-electron chi connectivity index (χ0n) is 17.0. The van der Waals surface area contributed by atoms with Gasteiger partial charge in [-0.15, -0.1) is 0 Å². The van der Waals surface area contributed by atoms with Crippen LogP contribution in [0.5, 0.6) is 0 Å². The predicted octanol–water partition coefficient (Wildman–Crippen LogP) is 4.40. The zero-order valence-corrected chi connectivity index (χ0v) is 17.8. The summed E-state index contributed by atoms with van der Waals surface area (Å²) < 4.78 is 5.45. The summed E-state index contributed by atoms with van der Waals surface area (Å²) in [6, 6.07) is 17.8. The highest BCUT2D eigenvalue weighted by Gasteiger charge is 2.26. The van der Waals surface area contributed by atoms with Gasteiger partial charge in [0.1, 0.15) is 0 Å². The maximum atomic E-state index is 12.6. The second kappa shape index (κ2) is 9.41. The number of benzene rings is 2. The first kappa shape index (κ1) is 20.6. The number of carbonyl (C=O) groups is 1. The maximum Gasteiger partial charge on any atom is 0.241 e. The Morgan fingerprint density at radius 2 is 1.90 bits per heavy atom. The molecular weight excluding hydrogens is 400 g/mol. The van der Waals surface area contributed by atoms with Crippen molar-refractivity contribution in [1.29, 1.82) is 0 Å². The van der Waals surface area contributed by atoms with Crippen LogP contribution in [0.2, 0.25) is 5.02 Å². The summed E-state index contributed by atoms with van der Waals surface area (Å²) in [5.41, 5.74) is 2.03. The van der Waals surface area contributed by atoms with Crippen LogP contribution in [0.3, 0.4) is 0 Å². The molecule has 1 atom stereocenters. The Morgan fingerprint density at radius 3 is 2.67 bits per heavy atom. The van der Waals surface area contributed by atoms with Crippen molar-refractivity contribution in [2.24, 2.45) is 0 Å². The van der Waals surface area contributed by atoms with Crippen molar-refractivity contribution >= 4 is 17.5 Å². The monoisotopic (exact) mass is 424 g/mol. The van der Waals surface area contributed by atoms with Crippen molar-refractivity contribution in [3.63, 3.8) is 0 Å². The molecule has 7 heteroatoms. The third-order valence-corrected chi connectivity index (χ3v) is 5.82. The van der Waals surface area contributed by atoms with Gasteiger partial charge in [0.15, 0.2) is 0 Å². The molecule has 2 heterocycles. The van der Waals surface area contributed by atoms with Gasteiger partial charge in [-0.2, -0.15) is 4.98 Å². The van der Waals surface area contributed by atoms with Crippen molar-refractivity contribution in [2.45, 2.75) is 38.4 Å². The van der Waals surface area contributed by atoms with E-state index in [0.29, 0.717) is 36.2 Å². The number of amides is 1. The largest absolute Gasteiger partial charge is 0.338 e. The quantitative estimate of drug-likeness (QED) is 0.586. The zero-order chi connectivity index (χ0) is 20.9. The second-order valence-electron chi connectivity index (χ2n) is 7.72. The number of rotatable bonds is 6. The normalized spacial score (nSPS) is 17.4. The fourth-order valence-corrected chi connectivity index (χ4v) is 3.93. The molecule has 0 spiro atoms. The van der Waals surface area contributed by atoms with Crippen molar-refractivity contribution < 1.29 is 9.32 Å². The maximum absolute atomic E-state index is 12.6. The van der Waals surface area contributed by atoms with Crippen LogP contribution in [0.4, 0.5) is 0 Å². The van der Waals surface area contributed by atoms with Gasteiger partial charge >= 0.3 is 0 Å². The van der Waals surface area contributed by atoms with Crippen LogP contribution in [-0.2, 0) is 17.9 Å². The van der Waals surface area contributed by atoms with Gasteiger partial charge in [-0.05, 0) is 37.6 Å². The van der Waals surface area contributed by atoms with E-state index in [9.17, 15) is 4.79 Å². The van der Waals surface area contributed by atoms with Gasteiger partial charge < -0.3 is 9.42 Å². The molecule has 0 saturated carbocycles. The highest BCUT2D eigenvalue weighted by atomic mass is 35.5. The fourth-order valence-electron chi connectivity index (χ4n) is 3.81. The Hall–Kier alpha value is -2.70. The average Bonchev–Trinajstić information content (AvgIpc) is 3.15. The number of hydrogen-bond donors (Lipinski definition) is 0. The lowest BCUT2D eigenvalue weighted by atomic mass is 10.1. The molecule has 1 aromatic heterocycles. The summed E-state index contributed by atoms with van der Waals surface area (Å²) in [7, 11) is 2.05. The molecule has 0 N–H and O–H groups in total. The third kappa shape index (κ3) is 5.07. The van der Waals surface area contributed by atoms with Crippen molar-refractivity contribution in [1.82, 2.24) is 19.9 Å². The summed E-state index contributed by atoms with van der Waals surface area (Å²) in [6.07, 6.45) is 2.28. The number of aromatic nitrogens is 2. The molecule has 1 aliphatic heterocycles. The lowest BCUT2D eigenvalue weighted by Crippen LogP contribution is -2.33. The first-order valence-corrected chi connectivity index (χ1v) is 10.6. The molecule has 0 radical (unpaired) electrons. The predicted molar refractivity (Wildman–Crippen MR) is 116 cm³/mol. The van der Waals surface area contributed by atoms with Crippen LogP contribution in [0.15, 0.2) is 59.1 Å². The molecule has 6 nitrogen and oxygen atoms in total. The molecule has 3 aromatic rings. The Morgan fingerprint density at radius 1 is 1.13 bits per heavy atom. The van der Waals surface area contributed by atoms with E-state index in [0.717, 1.165) is 30.5 Å². The number of hydrogen-bond acceptors (Lipinski definition) is 5. The standard InChI is InChI=1S/C23H25ClN4O2/c1-27(16-21-25-23(26-30-21)18-5-3-2-4-6-18)20-11-12-22(29)28(14-13-20)15-17-7-9-19(24)10-8-17/h2-10,20H,11-16H2,1H3. The molecule has 30 heavy (non-hydrogen) atoms. The van der Waals surface area contributed by atoms with E-state index in [4.69, 9.17) is 16.1 Å². The molecule has 1 aliphatic rings. The summed E-state index contributed by atoms with van der Waals surface area (Å²) in [5, 5.41) is 4.80. The van der Waals surface area contributed by atoms with E-state index in [1.807, 2.05) is 59.5 Å². The van der Waals surface area contributed by atoms with Gasteiger partial charge in [0.25, 0.3) is 0 Å². The van der Waals surface area contributed by atoms with Gasteiger partial charge in [-0.3, -0.25) is 9.69 Å². The minimum atomic E-state index is 0.199. The van der Waals surface area contributed by atoms with E-state index in [1.54, 1.807) is 0 Å². The first-order valence-electron chi connectivity index (χ1n) is 10.2. The molecule has 156 valence electrons. The Bertz CT molecular complexity index is 974. The van der Waals surface area contributed by atoms with E-state index in [2.05, 4.69) is 22.1 Å². The van der Waals surface area contributed by atoms with Crippen molar-refractivity contribution in [3.8, 4) is 11.4 Å². The van der Waals surface area contributed by atoms with Gasteiger partial charge in [0.05, 0.1) is 6.54 Å². The Balaban J connectivity index is 1.35. The average molecular weight is 425 g/mol. The molecule has 1 amide bonds. The molecule has 0 bridgehead atoms. The molecule has 0 aliphatic carbocycles. The van der Waals surface area contributed by atoms with E-state index in [1.165, 1.54) is 0 Å². The number of nitrogens with zero attached hydrogens (tertiary/aromatic N) is 4. The lowest BCUT2D eigenvalue weighted by Gasteiger charge is -2.25. The molecule has 1 saturated heterocycles. The van der Waals surface area contributed by atoms with Crippen LogP contribution >= 0.6 is 11.6 Å². The Labute approximate surface area is 181 Å². The van der Waals surface area contributed by atoms with E-state index < -0.39 is 0 Å². The van der Waals surface area contributed by atoms with Crippen LogP contribution < -0.4 is 0 Å². The molecule has 2 aromatic carbocycles. The molecular formula is C23H25ClN4O2. The summed E-state index contributed by atoms with van der Waals surface area (Å²) in [5.74, 6) is 1.39. The SMILES string of the molecule is CN(Cc1nc(-c2ccccc2)no1)C1CCC(=O)N(Cc2ccc(Cl)cc2)CC1. The highest BCUT2D eigenvalue weighted by molar-refractivity contribution is 6.30. The number of halogens is 1. The van der Waals surface area contributed by atoms with Gasteiger partial charge in [-0.25, -0.2) is 0 Å².